The first-order valence-corrected chi connectivity index (χ1v) is 10.1. The minimum absolute atomic E-state index is 0.00455. The molecule has 0 fully saturated rings. The third-order valence-electron chi connectivity index (χ3n) is 4.92. The fraction of sp³-hybridized carbons (Fsp3) is 0.688. The van der Waals surface area contributed by atoms with Gasteiger partial charge in [0.05, 0.1) is 0 Å². The zero-order valence-corrected chi connectivity index (χ0v) is 14.9. The molecule has 0 saturated carbocycles. The van der Waals surface area contributed by atoms with Crippen LogP contribution in [0.15, 0.2) is 23.0 Å². The first-order valence-electron chi connectivity index (χ1n) is 7.21. The molecule has 0 amide bonds. The van der Waals surface area contributed by atoms with Gasteiger partial charge in [0.2, 0.25) is 13.9 Å². The second-order valence-corrected chi connectivity index (χ2v) is 12.3. The van der Waals surface area contributed by atoms with Crippen LogP contribution in [0.2, 0.25) is 18.1 Å². The van der Waals surface area contributed by atoms with Crippen LogP contribution >= 0.6 is 0 Å². The summed E-state index contributed by atoms with van der Waals surface area (Å²) in [5.41, 5.74) is 1.21. The van der Waals surface area contributed by atoms with Gasteiger partial charge in [-0.15, -0.1) is 0 Å². The summed E-state index contributed by atoms with van der Waals surface area (Å²) >= 11 is 0. The Labute approximate surface area is 123 Å². The maximum absolute atomic E-state index is 12.2. The van der Waals surface area contributed by atoms with E-state index in [2.05, 4.69) is 33.9 Å². The largest absolute Gasteiger partial charge is 0.544 e. The molecular formula is C16H26O3Si. The monoisotopic (exact) mass is 294 g/mol. The predicted octanol–water partition coefficient (Wildman–Crippen LogP) is 3.97. The van der Waals surface area contributed by atoms with Gasteiger partial charge in [-0.1, -0.05) is 20.8 Å². The molecule has 2 rings (SSSR count). The third-order valence-corrected chi connectivity index (χ3v) is 9.25. The minimum Gasteiger partial charge on any atom is -0.544 e. The van der Waals surface area contributed by atoms with Gasteiger partial charge in [-0.3, -0.25) is 4.79 Å². The van der Waals surface area contributed by atoms with Gasteiger partial charge in [0.15, 0.2) is 5.78 Å². The van der Waals surface area contributed by atoms with Crippen molar-refractivity contribution in [3.63, 3.8) is 0 Å². The zero-order chi connectivity index (χ0) is 15.5. The fourth-order valence-corrected chi connectivity index (χ4v) is 3.71. The highest BCUT2D eigenvalue weighted by atomic mass is 28.4. The van der Waals surface area contributed by atoms with Crippen LogP contribution in [0.1, 0.15) is 41.5 Å². The van der Waals surface area contributed by atoms with Crippen molar-refractivity contribution >= 4 is 14.1 Å². The number of fused-ring (bicyclic) bond motifs is 2. The van der Waals surface area contributed by atoms with E-state index in [1.807, 2.05) is 19.9 Å². The molecule has 0 radical (unpaired) electrons. The van der Waals surface area contributed by atoms with E-state index in [4.69, 9.17) is 9.16 Å². The number of Topliss-reactive ketones (excluding diaryl/α,β-unsaturated/α-hetero) is 1. The zero-order valence-electron chi connectivity index (χ0n) is 13.9. The van der Waals surface area contributed by atoms with Gasteiger partial charge in [0, 0.05) is 0 Å². The molecule has 2 heterocycles. The Bertz CT molecular complexity index is 522. The quantitative estimate of drug-likeness (QED) is 0.583. The van der Waals surface area contributed by atoms with Gasteiger partial charge in [-0.05, 0) is 56.1 Å². The standard InChI is InChI=1S/C16H26O3Si/c1-10-9-16(12(3)17)14(11(2)13(10)18-16)19-20(7,8)15(4,5)6/h9,13H,1-8H3/t13-,16-/m1/s1. The van der Waals surface area contributed by atoms with Crippen LogP contribution in [0, 0.1) is 0 Å². The number of rotatable bonds is 3. The van der Waals surface area contributed by atoms with Crippen molar-refractivity contribution in [3.05, 3.63) is 23.0 Å². The maximum Gasteiger partial charge on any atom is 0.250 e. The molecule has 0 N–H and O–H groups in total. The third kappa shape index (κ3) is 2.01. The summed E-state index contributed by atoms with van der Waals surface area (Å²) in [6, 6.07) is 0. The molecule has 0 unspecified atom stereocenters. The summed E-state index contributed by atoms with van der Waals surface area (Å²) in [4.78, 5) is 12.2. The lowest BCUT2D eigenvalue weighted by Gasteiger charge is -2.40. The van der Waals surface area contributed by atoms with E-state index in [9.17, 15) is 4.79 Å². The Balaban J connectivity index is 2.43. The van der Waals surface area contributed by atoms with E-state index in [1.165, 1.54) is 0 Å². The molecular weight excluding hydrogens is 268 g/mol. The molecule has 2 atom stereocenters. The Morgan fingerprint density at radius 1 is 1.35 bits per heavy atom. The van der Waals surface area contributed by atoms with E-state index in [0.717, 1.165) is 16.9 Å². The van der Waals surface area contributed by atoms with Crippen LogP contribution in [0.5, 0.6) is 0 Å². The van der Waals surface area contributed by atoms with E-state index >= 15 is 0 Å². The van der Waals surface area contributed by atoms with E-state index in [1.54, 1.807) is 6.92 Å². The Morgan fingerprint density at radius 3 is 2.35 bits per heavy atom. The van der Waals surface area contributed by atoms with Crippen molar-refractivity contribution in [1.29, 1.82) is 0 Å². The fourth-order valence-electron chi connectivity index (χ4n) is 2.58. The number of ether oxygens (including phenoxy) is 1. The lowest BCUT2D eigenvalue weighted by Crippen LogP contribution is -2.46. The number of hydrogen-bond donors (Lipinski definition) is 0. The van der Waals surface area contributed by atoms with Gasteiger partial charge in [-0.2, -0.15) is 0 Å². The molecule has 0 aromatic heterocycles. The van der Waals surface area contributed by atoms with Crippen molar-refractivity contribution in [1.82, 2.24) is 0 Å². The second kappa shape index (κ2) is 4.31. The molecule has 20 heavy (non-hydrogen) atoms. The van der Waals surface area contributed by atoms with Crippen LogP contribution < -0.4 is 0 Å². The van der Waals surface area contributed by atoms with Crippen LogP contribution in [0.4, 0.5) is 0 Å². The molecule has 2 aliphatic heterocycles. The number of ketones is 1. The first-order chi connectivity index (χ1) is 8.92. The number of hydrogen-bond acceptors (Lipinski definition) is 3. The summed E-state index contributed by atoms with van der Waals surface area (Å²) in [5, 5.41) is 0.0961. The lowest BCUT2D eigenvalue weighted by atomic mass is 9.88. The van der Waals surface area contributed by atoms with Crippen molar-refractivity contribution < 1.29 is 14.0 Å². The number of carbonyl (C=O) groups excluding carboxylic acids is 1. The second-order valence-electron chi connectivity index (χ2n) is 7.55. The molecule has 0 saturated heterocycles. The van der Waals surface area contributed by atoms with Crippen LogP contribution in [0.25, 0.3) is 0 Å². The number of carbonyl (C=O) groups is 1. The van der Waals surface area contributed by atoms with Crippen molar-refractivity contribution in [2.75, 3.05) is 0 Å². The Hall–Kier alpha value is -0.873. The molecule has 0 aliphatic carbocycles. The normalized spacial score (nSPS) is 29.8. The first kappa shape index (κ1) is 15.5. The molecule has 2 bridgehead atoms. The summed E-state index contributed by atoms with van der Waals surface area (Å²) < 4.78 is 12.4. The van der Waals surface area contributed by atoms with E-state index in [0.29, 0.717) is 0 Å². The SMILES string of the molecule is CC(=O)[C@@]12C=C(C)[C@@H](O1)C(C)=C2O[Si](C)(C)C(C)(C)C. The molecule has 0 spiro atoms. The Morgan fingerprint density at radius 2 is 1.90 bits per heavy atom. The van der Waals surface area contributed by atoms with Gasteiger partial charge in [0.25, 0.3) is 0 Å². The average Bonchev–Trinajstić information content (AvgIpc) is 2.73. The lowest BCUT2D eigenvalue weighted by molar-refractivity contribution is -0.132. The summed E-state index contributed by atoms with van der Waals surface area (Å²) in [6.07, 6.45) is 1.86. The highest BCUT2D eigenvalue weighted by Gasteiger charge is 2.56. The van der Waals surface area contributed by atoms with Gasteiger partial charge < -0.3 is 9.16 Å². The van der Waals surface area contributed by atoms with Gasteiger partial charge in [-0.25, -0.2) is 0 Å². The summed E-state index contributed by atoms with van der Waals surface area (Å²) in [6.45, 7) is 16.6. The molecule has 112 valence electrons. The molecule has 0 aromatic rings. The van der Waals surface area contributed by atoms with Crippen LogP contribution in [0.3, 0.4) is 0 Å². The molecule has 0 aromatic carbocycles. The van der Waals surface area contributed by atoms with Crippen LogP contribution in [-0.4, -0.2) is 25.8 Å². The highest BCUT2D eigenvalue weighted by Crippen LogP contribution is 2.50. The average molecular weight is 294 g/mol. The van der Waals surface area contributed by atoms with Gasteiger partial charge in [0.1, 0.15) is 11.9 Å². The van der Waals surface area contributed by atoms with Crippen LogP contribution in [-0.2, 0) is 14.0 Å². The summed E-state index contributed by atoms with van der Waals surface area (Å²) in [5.74, 6) is 0.761. The van der Waals surface area contributed by atoms with E-state index in [-0.39, 0.29) is 16.9 Å². The molecule has 4 heteroatoms. The van der Waals surface area contributed by atoms with Crippen molar-refractivity contribution in [2.45, 2.75) is 71.4 Å². The van der Waals surface area contributed by atoms with E-state index < -0.39 is 13.9 Å². The van der Waals surface area contributed by atoms with Crippen molar-refractivity contribution in [3.8, 4) is 0 Å². The molecule has 2 aliphatic rings. The molecule has 3 nitrogen and oxygen atoms in total. The van der Waals surface area contributed by atoms with Gasteiger partial charge >= 0.3 is 0 Å². The minimum atomic E-state index is -1.98. The summed E-state index contributed by atoms with van der Waals surface area (Å²) in [7, 11) is -1.98. The maximum atomic E-state index is 12.2. The Kier molecular flexibility index (Phi) is 3.34. The van der Waals surface area contributed by atoms with Crippen molar-refractivity contribution in [2.24, 2.45) is 0 Å². The predicted molar refractivity (Wildman–Crippen MR) is 83.0 cm³/mol. The smallest absolute Gasteiger partial charge is 0.250 e. The highest BCUT2D eigenvalue weighted by molar-refractivity contribution is 6.74. The topological polar surface area (TPSA) is 35.5 Å².